The van der Waals surface area contributed by atoms with Crippen LogP contribution >= 0.6 is 271 Å². The van der Waals surface area contributed by atoms with E-state index in [1.807, 2.05) is 18.2 Å². The molecule has 0 aliphatic carbocycles. The van der Waals surface area contributed by atoms with Gasteiger partial charge in [-0.25, -0.2) is 0 Å². The normalized spacial score (nSPS) is 14.1. The Morgan fingerprint density at radius 2 is 0.711 bits per heavy atom. The smallest absolute Gasteiger partial charge is 0.0743 e. The predicted octanol–water partition coefficient (Wildman–Crippen LogP) is 17.7. The zero-order chi connectivity index (χ0) is 29.3. The van der Waals surface area contributed by atoms with E-state index >= 15 is 0 Å². The average Bonchev–Trinajstić information content (AvgIpc) is 2.85. The van der Waals surface area contributed by atoms with Crippen LogP contribution in [0.2, 0.25) is 0 Å². The van der Waals surface area contributed by atoms with Gasteiger partial charge < -0.3 is 0 Å². The Morgan fingerprint density at radius 3 is 1.11 bits per heavy atom. The maximum atomic E-state index is 4.27. The molecule has 0 aliphatic rings. The van der Waals surface area contributed by atoms with Gasteiger partial charge in [0.1, 0.15) is 10.8 Å². The lowest BCUT2D eigenvalue weighted by Gasteiger charge is -2.50. The van der Waals surface area contributed by atoms with Crippen LogP contribution in [-0.2, 0) is 10.8 Å². The summed E-state index contributed by atoms with van der Waals surface area (Å²) in [5, 5.41) is 0. The lowest BCUT2D eigenvalue weighted by atomic mass is 9.85. The van der Waals surface area contributed by atoms with Gasteiger partial charge in [-0.2, -0.15) is 0 Å². The molecule has 0 N–H and O–H groups in total. The van der Waals surface area contributed by atoms with Crippen LogP contribution in [0.25, 0.3) is 0 Å². The Labute approximate surface area is 362 Å². The Hall–Kier alpha value is 5.82. The minimum absolute atomic E-state index is 0.802. The molecule has 0 bridgehead atoms. The highest BCUT2D eigenvalue weighted by Crippen LogP contribution is 2.74. The summed E-state index contributed by atoms with van der Waals surface area (Å²) < 4.78 is 6.90. The number of benzene rings is 3. The molecule has 3 rings (SSSR count). The third kappa shape index (κ3) is 6.46. The van der Waals surface area contributed by atoms with Crippen LogP contribution in [0.1, 0.15) is 16.7 Å². The number of hydrogen-bond donors (Lipinski definition) is 0. The van der Waals surface area contributed by atoms with Crippen LogP contribution in [0.15, 0.2) is 71.9 Å². The Kier molecular flexibility index (Phi) is 14.6. The van der Waals surface area contributed by atoms with Crippen molar-refractivity contribution in [3.05, 3.63) is 88.6 Å². The molecule has 0 heterocycles. The number of hydrogen-bond acceptors (Lipinski definition) is 0. The second kappa shape index (κ2) is 14.5. The SMILES string of the molecule is Brc1cccc(C(Br)(Br)C(Br)(c2c(Br)c(Br)c(Br)c(Br)c2Br)C(Br)(Br)c2c(Br)c(Br)c(Br)c(Br)c2Br)c1Br. The number of halogens is 17. The van der Waals surface area contributed by atoms with E-state index in [1.165, 1.54) is 0 Å². The van der Waals surface area contributed by atoms with E-state index in [2.05, 4.69) is 271 Å². The summed E-state index contributed by atoms with van der Waals surface area (Å²) in [6.07, 6.45) is 0. The van der Waals surface area contributed by atoms with Gasteiger partial charge in [0.05, 0.1) is 0 Å². The van der Waals surface area contributed by atoms with Crippen LogP contribution in [-0.4, -0.2) is 0 Å². The van der Waals surface area contributed by atoms with Gasteiger partial charge >= 0.3 is 0 Å². The summed E-state index contributed by atoms with van der Waals surface area (Å²) in [4.78, 5) is 0. The molecule has 3 aromatic carbocycles. The van der Waals surface area contributed by atoms with Crippen LogP contribution in [0.3, 0.4) is 0 Å². The van der Waals surface area contributed by atoms with Crippen molar-refractivity contribution in [1.29, 1.82) is 0 Å². The molecule has 206 valence electrons. The molecular formula is C21H3Br17. The summed E-state index contributed by atoms with van der Waals surface area (Å²) in [5.74, 6) is 0. The van der Waals surface area contributed by atoms with E-state index in [0.717, 1.165) is 70.4 Å². The Morgan fingerprint density at radius 1 is 0.368 bits per heavy atom. The summed E-state index contributed by atoms with van der Waals surface area (Å²) >= 11 is 66.0. The quantitative estimate of drug-likeness (QED) is 0.136. The maximum absolute atomic E-state index is 4.27. The molecule has 0 radical (unpaired) electrons. The van der Waals surface area contributed by atoms with Crippen molar-refractivity contribution in [3.63, 3.8) is 0 Å². The second-order valence-corrected chi connectivity index (χ2v) is 25.0. The van der Waals surface area contributed by atoms with Gasteiger partial charge in [0.15, 0.2) is 0 Å². The molecule has 0 amide bonds. The molecule has 38 heavy (non-hydrogen) atoms. The molecule has 0 aliphatic heterocycles. The molecule has 0 saturated carbocycles. The number of rotatable bonds is 5. The zero-order valence-corrected chi connectivity index (χ0v) is 44.1. The van der Waals surface area contributed by atoms with Gasteiger partial charge in [-0.3, -0.25) is 0 Å². The molecule has 0 aromatic heterocycles. The van der Waals surface area contributed by atoms with Gasteiger partial charge in [0.25, 0.3) is 0 Å². The largest absolute Gasteiger partial charge is 0.129 e. The molecule has 0 fully saturated rings. The van der Waals surface area contributed by atoms with Gasteiger partial charge in [0.2, 0.25) is 0 Å². The van der Waals surface area contributed by atoms with Gasteiger partial charge in [-0.05, 0) is 203 Å². The molecule has 0 spiro atoms. The van der Waals surface area contributed by atoms with Crippen molar-refractivity contribution in [1.82, 2.24) is 0 Å². The maximum Gasteiger partial charge on any atom is 0.129 e. The van der Waals surface area contributed by atoms with Crippen LogP contribution in [0, 0.1) is 0 Å². The highest BCUT2D eigenvalue weighted by Gasteiger charge is 2.64. The molecule has 1 unspecified atom stereocenters. The van der Waals surface area contributed by atoms with E-state index in [4.69, 9.17) is 0 Å². The van der Waals surface area contributed by atoms with Gasteiger partial charge in [-0.15, -0.1) is 0 Å². The summed E-state index contributed by atoms with van der Waals surface area (Å²) in [6.45, 7) is 0. The molecule has 3 aromatic rings. The predicted molar refractivity (Wildman–Crippen MR) is 221 cm³/mol. The second-order valence-electron chi connectivity index (χ2n) is 7.30. The van der Waals surface area contributed by atoms with Crippen LogP contribution < -0.4 is 0 Å². The summed E-state index contributed by atoms with van der Waals surface area (Å²) in [7, 11) is 0. The molecule has 0 saturated heterocycles. The van der Waals surface area contributed by atoms with Crippen molar-refractivity contribution in [2.45, 2.75) is 10.8 Å². The molecule has 17 heteroatoms. The first-order valence-electron chi connectivity index (χ1n) is 9.21. The van der Waals surface area contributed by atoms with Crippen molar-refractivity contribution in [2.24, 2.45) is 0 Å². The first-order chi connectivity index (χ1) is 17.3. The third-order valence-corrected chi connectivity index (χ3v) is 27.2. The molecule has 0 nitrogen and oxygen atoms in total. The van der Waals surface area contributed by atoms with E-state index < -0.39 is 10.8 Å². The van der Waals surface area contributed by atoms with E-state index in [9.17, 15) is 0 Å². The minimum atomic E-state index is -1.07. The lowest BCUT2D eigenvalue weighted by molar-refractivity contribution is 0.557. The minimum Gasteiger partial charge on any atom is -0.0743 e. The van der Waals surface area contributed by atoms with E-state index in [-0.39, 0.29) is 0 Å². The van der Waals surface area contributed by atoms with Crippen molar-refractivity contribution in [2.75, 3.05) is 0 Å². The van der Waals surface area contributed by atoms with Gasteiger partial charge in [0, 0.05) is 64.8 Å². The molecule has 1 atom stereocenters. The van der Waals surface area contributed by atoms with Gasteiger partial charge in [-0.1, -0.05) is 91.8 Å². The van der Waals surface area contributed by atoms with E-state index in [0.29, 0.717) is 0 Å². The van der Waals surface area contributed by atoms with Crippen LogP contribution in [0.4, 0.5) is 0 Å². The van der Waals surface area contributed by atoms with Crippen molar-refractivity contribution in [3.8, 4) is 0 Å². The standard InChI is InChI=1S/C21H3Br17/c22-5-3-1-2-4(8(5)23)20(35,36)19(34,6-9(24)13(28)17(32)14(29)10(6)25)21(37,38)7-11(26)15(30)18(33)16(31)12(7)27/h1-3H. The van der Waals surface area contributed by atoms with Crippen molar-refractivity contribution >= 4 is 271 Å². The van der Waals surface area contributed by atoms with E-state index in [1.54, 1.807) is 0 Å². The fourth-order valence-corrected chi connectivity index (χ4v) is 19.1. The van der Waals surface area contributed by atoms with Crippen molar-refractivity contribution < 1.29 is 0 Å². The third-order valence-electron chi connectivity index (χ3n) is 5.23. The highest BCUT2D eigenvalue weighted by molar-refractivity contribution is 9.27. The Balaban J connectivity index is 2.66. The monoisotopic (exact) mass is 1600 g/mol. The first kappa shape index (κ1) is 38.3. The first-order valence-corrected chi connectivity index (χ1v) is 22.7. The van der Waals surface area contributed by atoms with Crippen LogP contribution in [0.5, 0.6) is 0 Å². The fraction of sp³-hybridized carbons (Fsp3) is 0.143. The zero-order valence-electron chi connectivity index (χ0n) is 17.2. The number of alkyl halides is 5. The summed E-state index contributed by atoms with van der Waals surface area (Å²) in [5.41, 5.74) is 2.60. The fourth-order valence-electron chi connectivity index (χ4n) is 3.40. The highest BCUT2D eigenvalue weighted by atomic mass is 79.9. The molecular weight excluding hydrogens is 1610 g/mol. The Bertz CT molecular complexity index is 1400. The summed E-state index contributed by atoms with van der Waals surface area (Å²) in [6, 6.07) is 5.99. The average molecular weight is 1610 g/mol. The topological polar surface area (TPSA) is 0 Å². The lowest BCUT2D eigenvalue weighted by Crippen LogP contribution is -2.48.